The first-order valence-electron chi connectivity index (χ1n) is 12.1. The van der Waals surface area contributed by atoms with Gasteiger partial charge in [-0.25, -0.2) is 14.8 Å². The Balaban J connectivity index is 1.65. The number of nitrogens with one attached hydrogen (secondary N) is 3. The molecule has 11 heteroatoms. The van der Waals surface area contributed by atoms with Gasteiger partial charge in [-0.05, 0) is 54.8 Å². The molecule has 2 aromatic heterocycles. The van der Waals surface area contributed by atoms with Crippen molar-refractivity contribution >= 4 is 35.1 Å². The van der Waals surface area contributed by atoms with Gasteiger partial charge in [-0.2, -0.15) is 0 Å². The zero-order valence-corrected chi connectivity index (χ0v) is 21.6. The number of carbonyl (C=O) groups excluding carboxylic acids is 2. The van der Waals surface area contributed by atoms with Crippen LogP contribution in [0.2, 0.25) is 0 Å². The van der Waals surface area contributed by atoms with Crippen LogP contribution in [0.3, 0.4) is 0 Å². The Kier molecular flexibility index (Phi) is 9.96. The van der Waals surface area contributed by atoms with Crippen LogP contribution >= 0.6 is 11.3 Å². The molecule has 0 bridgehead atoms. The number of aromatic hydroxyl groups is 1. The van der Waals surface area contributed by atoms with Crippen molar-refractivity contribution in [3.63, 3.8) is 0 Å². The molecule has 0 spiro atoms. The summed E-state index contributed by atoms with van der Waals surface area (Å²) in [6.07, 6.45) is 2.45. The van der Waals surface area contributed by atoms with E-state index in [1.165, 1.54) is 11.3 Å². The summed E-state index contributed by atoms with van der Waals surface area (Å²) in [5.74, 6) is -1.62. The van der Waals surface area contributed by atoms with Crippen LogP contribution in [0.15, 0.2) is 41.8 Å². The molecule has 5 N–H and O–H groups in total. The van der Waals surface area contributed by atoms with E-state index < -0.39 is 23.8 Å². The van der Waals surface area contributed by atoms with Gasteiger partial charge in [-0.1, -0.05) is 32.0 Å². The van der Waals surface area contributed by atoms with Gasteiger partial charge in [0.2, 0.25) is 5.95 Å². The predicted molar refractivity (Wildman–Crippen MR) is 141 cm³/mol. The Bertz CT molecular complexity index is 1210. The monoisotopic (exact) mass is 525 g/mol. The van der Waals surface area contributed by atoms with E-state index in [1.807, 2.05) is 19.9 Å². The number of aryl methyl sites for hydroxylation is 3. The van der Waals surface area contributed by atoms with Gasteiger partial charge in [-0.15, -0.1) is 11.3 Å². The Hall–Kier alpha value is -3.99. The number of rotatable bonds is 13. The number of hydrogen-bond acceptors (Lipinski definition) is 8. The number of phenolic OH excluding ortho intramolecular Hbond substituents is 1. The van der Waals surface area contributed by atoms with Crippen molar-refractivity contribution in [1.29, 1.82) is 0 Å². The van der Waals surface area contributed by atoms with Gasteiger partial charge < -0.3 is 26.2 Å². The van der Waals surface area contributed by atoms with E-state index in [-0.39, 0.29) is 17.9 Å². The Labute approximate surface area is 219 Å². The van der Waals surface area contributed by atoms with Crippen LogP contribution in [0.1, 0.15) is 57.2 Å². The SMILES string of the molecule is CCc1nc(NCCCc2cccc(O)c2)nc(CC)c1C(=O)N[C@@H](CNC(=O)c1cccs1)C(=O)O. The minimum atomic E-state index is -1.32. The molecule has 0 radical (unpaired) electrons. The van der Waals surface area contributed by atoms with E-state index in [4.69, 9.17) is 0 Å². The highest BCUT2D eigenvalue weighted by molar-refractivity contribution is 7.12. The topological polar surface area (TPSA) is 154 Å². The Morgan fingerprint density at radius 2 is 1.76 bits per heavy atom. The lowest BCUT2D eigenvalue weighted by molar-refractivity contribution is -0.139. The number of carboxylic acid groups (broad SMARTS) is 1. The maximum absolute atomic E-state index is 13.1. The molecule has 2 heterocycles. The summed E-state index contributed by atoms with van der Waals surface area (Å²) in [6, 6.07) is 9.15. The lowest BCUT2D eigenvalue weighted by Crippen LogP contribution is -2.48. The summed E-state index contributed by atoms with van der Waals surface area (Å²) in [7, 11) is 0. The first-order valence-corrected chi connectivity index (χ1v) is 13.0. The van der Waals surface area contributed by atoms with Crippen LogP contribution in [0.25, 0.3) is 0 Å². The van der Waals surface area contributed by atoms with E-state index in [1.54, 1.807) is 35.7 Å². The van der Waals surface area contributed by atoms with Crippen molar-refractivity contribution in [1.82, 2.24) is 20.6 Å². The number of aromatic nitrogens is 2. The first-order chi connectivity index (χ1) is 17.8. The van der Waals surface area contributed by atoms with E-state index in [0.717, 1.165) is 18.4 Å². The van der Waals surface area contributed by atoms with Crippen LogP contribution in [0, 0.1) is 0 Å². The summed E-state index contributed by atoms with van der Waals surface area (Å²) >= 11 is 1.24. The van der Waals surface area contributed by atoms with Gasteiger partial charge in [0.1, 0.15) is 11.8 Å². The largest absolute Gasteiger partial charge is 0.508 e. The van der Waals surface area contributed by atoms with Crippen molar-refractivity contribution in [2.75, 3.05) is 18.4 Å². The fourth-order valence-corrected chi connectivity index (χ4v) is 4.38. The van der Waals surface area contributed by atoms with Crippen molar-refractivity contribution in [2.45, 2.75) is 45.6 Å². The van der Waals surface area contributed by atoms with E-state index in [9.17, 15) is 24.6 Å². The molecule has 0 fully saturated rings. The van der Waals surface area contributed by atoms with Crippen LogP contribution in [0.4, 0.5) is 5.95 Å². The standard InChI is InChI=1S/C26H31N5O5S/c1-3-18-22(24(34)29-20(25(35)36)15-28-23(33)21-11-7-13-37-21)19(4-2)31-26(30-18)27-12-6-9-16-8-5-10-17(32)14-16/h5,7-8,10-11,13-14,20,32H,3-4,6,9,12,15H2,1-2H3,(H,28,33)(H,29,34)(H,35,36)(H,27,30,31)/t20-/m0/s1. The highest BCUT2D eigenvalue weighted by Crippen LogP contribution is 2.17. The van der Waals surface area contributed by atoms with Gasteiger partial charge in [0.05, 0.1) is 21.8 Å². The smallest absolute Gasteiger partial charge is 0.328 e. The van der Waals surface area contributed by atoms with Gasteiger partial charge >= 0.3 is 5.97 Å². The number of amides is 2. The van der Waals surface area contributed by atoms with Crippen LogP contribution in [0.5, 0.6) is 5.75 Å². The van der Waals surface area contributed by atoms with E-state index >= 15 is 0 Å². The van der Waals surface area contributed by atoms with Gasteiger partial charge in [0, 0.05) is 13.1 Å². The summed E-state index contributed by atoms with van der Waals surface area (Å²) in [5, 5.41) is 29.2. The number of aliphatic carboxylic acids is 1. The average Bonchev–Trinajstić information content (AvgIpc) is 3.43. The quantitative estimate of drug-likeness (QED) is 0.213. The number of benzene rings is 1. The van der Waals surface area contributed by atoms with Crippen LogP contribution in [-0.2, 0) is 24.1 Å². The molecule has 0 aliphatic rings. The van der Waals surface area contributed by atoms with E-state index in [0.29, 0.717) is 41.6 Å². The molecule has 1 aromatic carbocycles. The minimum Gasteiger partial charge on any atom is -0.508 e. The molecule has 0 aliphatic heterocycles. The highest BCUT2D eigenvalue weighted by Gasteiger charge is 2.26. The third-order valence-corrected chi connectivity index (χ3v) is 6.48. The average molecular weight is 526 g/mol. The fourth-order valence-electron chi connectivity index (χ4n) is 3.74. The molecule has 3 rings (SSSR count). The van der Waals surface area contributed by atoms with Crippen molar-refractivity contribution in [3.05, 3.63) is 69.2 Å². The molecule has 2 amide bonds. The molecule has 0 aliphatic carbocycles. The second-order valence-electron chi connectivity index (χ2n) is 8.27. The third kappa shape index (κ3) is 7.74. The number of carbonyl (C=O) groups is 3. The summed E-state index contributed by atoms with van der Waals surface area (Å²) in [6.45, 7) is 4.05. The molecule has 0 saturated carbocycles. The zero-order chi connectivity index (χ0) is 26.8. The molecule has 10 nitrogen and oxygen atoms in total. The predicted octanol–water partition coefficient (Wildman–Crippen LogP) is 3.03. The lowest BCUT2D eigenvalue weighted by atomic mass is 10.1. The van der Waals surface area contributed by atoms with Crippen LogP contribution < -0.4 is 16.0 Å². The molecule has 196 valence electrons. The second kappa shape index (κ2) is 13.4. The molecule has 0 unspecified atom stereocenters. The number of thiophene rings is 1. The number of nitrogens with zero attached hydrogens (tertiary/aromatic N) is 2. The number of anilines is 1. The summed E-state index contributed by atoms with van der Waals surface area (Å²) in [4.78, 5) is 46.6. The third-order valence-electron chi connectivity index (χ3n) is 5.61. The Morgan fingerprint density at radius 1 is 1.03 bits per heavy atom. The lowest BCUT2D eigenvalue weighted by Gasteiger charge is -2.18. The molecule has 3 aromatic rings. The summed E-state index contributed by atoms with van der Waals surface area (Å²) in [5.41, 5.74) is 2.29. The molecular weight excluding hydrogens is 494 g/mol. The maximum atomic E-state index is 13.1. The normalized spacial score (nSPS) is 11.5. The molecule has 37 heavy (non-hydrogen) atoms. The van der Waals surface area contributed by atoms with Gasteiger partial charge in [0.15, 0.2) is 0 Å². The Morgan fingerprint density at radius 3 is 2.35 bits per heavy atom. The van der Waals surface area contributed by atoms with Crippen molar-refractivity contribution < 1.29 is 24.6 Å². The molecule has 0 saturated heterocycles. The summed E-state index contributed by atoms with van der Waals surface area (Å²) < 4.78 is 0. The number of phenols is 1. The first kappa shape index (κ1) is 27.6. The minimum absolute atomic E-state index is 0.234. The van der Waals surface area contributed by atoms with Crippen molar-refractivity contribution in [3.8, 4) is 5.75 Å². The van der Waals surface area contributed by atoms with E-state index in [2.05, 4.69) is 25.9 Å². The maximum Gasteiger partial charge on any atom is 0.328 e. The number of hydrogen-bond donors (Lipinski definition) is 5. The molecular formula is C26H31N5O5S. The van der Waals surface area contributed by atoms with Crippen LogP contribution in [-0.4, -0.2) is 57.1 Å². The van der Waals surface area contributed by atoms with Gasteiger partial charge in [-0.3, -0.25) is 9.59 Å². The zero-order valence-electron chi connectivity index (χ0n) is 20.8. The number of carboxylic acids is 1. The fraction of sp³-hybridized carbons (Fsp3) is 0.346. The van der Waals surface area contributed by atoms with Gasteiger partial charge in [0.25, 0.3) is 11.8 Å². The second-order valence-corrected chi connectivity index (χ2v) is 9.22. The highest BCUT2D eigenvalue weighted by atomic mass is 32.1. The molecule has 1 atom stereocenters. The van der Waals surface area contributed by atoms with Crippen molar-refractivity contribution in [2.24, 2.45) is 0 Å².